The van der Waals surface area contributed by atoms with Gasteiger partial charge < -0.3 is 20.3 Å². The largest absolute Gasteiger partial charge is 0.469 e. The monoisotopic (exact) mass is 501 g/mol. The molecule has 2 N–H and O–H groups in total. The maximum atomic E-state index is 13.5. The Morgan fingerprint density at radius 2 is 1.80 bits per heavy atom. The van der Waals surface area contributed by atoms with Gasteiger partial charge >= 0.3 is 12.1 Å². The minimum Gasteiger partial charge on any atom is -0.469 e. The lowest BCUT2D eigenvalue weighted by molar-refractivity contribution is -0.151. The second-order valence-electron chi connectivity index (χ2n) is 10.1. The molecule has 7 nitrogen and oxygen atoms in total. The van der Waals surface area contributed by atoms with Crippen LogP contribution in [0.1, 0.15) is 62.4 Å². The number of ether oxygens (including phenoxy) is 1. The summed E-state index contributed by atoms with van der Waals surface area (Å²) in [6.07, 6.45) is -2.92. The van der Waals surface area contributed by atoms with Gasteiger partial charge in [-0.15, -0.1) is 0 Å². The summed E-state index contributed by atoms with van der Waals surface area (Å²) in [6.45, 7) is 6.38. The highest BCUT2D eigenvalue weighted by molar-refractivity contribution is 5.98. The Morgan fingerprint density at radius 3 is 2.40 bits per heavy atom. The first-order valence-corrected chi connectivity index (χ1v) is 11.5. The fourth-order valence-corrected chi connectivity index (χ4v) is 4.97. The Balaban J connectivity index is 1.71. The lowest BCUT2D eigenvalue weighted by Crippen LogP contribution is -2.55. The number of rotatable bonds is 5. The van der Waals surface area contributed by atoms with Crippen LogP contribution < -0.4 is 10.6 Å². The number of hydrogen-bond donors (Lipinski definition) is 2. The fraction of sp³-hybridized carbons (Fsp3) is 0.625. The van der Waals surface area contributed by atoms with Crippen molar-refractivity contribution >= 4 is 17.8 Å². The van der Waals surface area contributed by atoms with Crippen LogP contribution in [-0.4, -0.2) is 60.0 Å². The van der Waals surface area contributed by atoms with Gasteiger partial charge in [-0.2, -0.15) is 13.2 Å². The van der Waals surface area contributed by atoms with Crippen LogP contribution in [0.2, 0.25) is 0 Å². The van der Waals surface area contributed by atoms with Gasteiger partial charge in [0.15, 0.2) is 0 Å². The average molecular weight is 502 g/mol. The van der Waals surface area contributed by atoms with Crippen molar-refractivity contribution in [1.29, 1.82) is 0 Å². The Hall–Kier alpha value is -2.69. The summed E-state index contributed by atoms with van der Waals surface area (Å²) in [7, 11) is 1.30. The van der Waals surface area contributed by atoms with Crippen LogP contribution in [0, 0.1) is 11.7 Å². The molecule has 2 aliphatic rings. The quantitative estimate of drug-likeness (QED) is 0.478. The number of likely N-dealkylation sites (tertiary alicyclic amines) is 1. The first-order valence-electron chi connectivity index (χ1n) is 11.5. The summed E-state index contributed by atoms with van der Waals surface area (Å²) >= 11 is 0. The number of carbonyl (C=O) groups is 3. The molecule has 0 spiro atoms. The van der Waals surface area contributed by atoms with E-state index < -0.39 is 58.9 Å². The van der Waals surface area contributed by atoms with Gasteiger partial charge in [-0.25, -0.2) is 4.39 Å². The normalized spacial score (nSPS) is 25.5. The third-order valence-electron chi connectivity index (χ3n) is 6.43. The molecule has 1 heterocycles. The summed E-state index contributed by atoms with van der Waals surface area (Å²) in [5, 5.41) is 5.95. The molecule has 1 aliphatic heterocycles. The Kier molecular flexibility index (Phi) is 7.78. The number of hydrogen-bond acceptors (Lipinski definition) is 5. The number of methoxy groups -OCH3 is 1. The summed E-state index contributed by atoms with van der Waals surface area (Å²) in [4.78, 5) is 39.8. The molecule has 2 fully saturated rings. The molecule has 1 aromatic rings. The standard InChI is InChI=1S/C24H31F4N3O4/c1-23(2,3)30-14-6-8-19(15(12-14)22(34)35-4)31-10-9-18(21(31)33)29-20(32)13-5-7-17(25)16(11-13)24(26,27)28/h5,7,11,14-15,18-19,30H,6,8-10,12H2,1-4H3,(H,29,32)/t14-,15-,18+,19+/m1/s1. The van der Waals surface area contributed by atoms with Gasteiger partial charge in [-0.05, 0) is 64.7 Å². The average Bonchev–Trinajstić information content (AvgIpc) is 3.11. The minimum absolute atomic E-state index is 0.0739. The molecule has 0 radical (unpaired) electrons. The van der Waals surface area contributed by atoms with Crippen LogP contribution in [0.4, 0.5) is 17.6 Å². The molecule has 194 valence electrons. The van der Waals surface area contributed by atoms with Crippen LogP contribution in [0.5, 0.6) is 0 Å². The van der Waals surface area contributed by atoms with Crippen molar-refractivity contribution in [3.8, 4) is 0 Å². The second-order valence-corrected chi connectivity index (χ2v) is 10.1. The Labute approximate surface area is 201 Å². The highest BCUT2D eigenvalue weighted by Crippen LogP contribution is 2.34. The van der Waals surface area contributed by atoms with Crippen molar-refractivity contribution in [1.82, 2.24) is 15.5 Å². The lowest BCUT2D eigenvalue weighted by atomic mass is 9.80. The maximum Gasteiger partial charge on any atom is 0.419 e. The lowest BCUT2D eigenvalue weighted by Gasteiger charge is -2.41. The third-order valence-corrected chi connectivity index (χ3v) is 6.43. The summed E-state index contributed by atoms with van der Waals surface area (Å²) in [6, 6.07) is 0.658. The molecular formula is C24H31F4N3O4. The number of amides is 2. The number of nitrogens with one attached hydrogen (secondary N) is 2. The van der Waals surface area contributed by atoms with E-state index in [9.17, 15) is 31.9 Å². The van der Waals surface area contributed by atoms with Crippen LogP contribution in [0.15, 0.2) is 18.2 Å². The van der Waals surface area contributed by atoms with Crippen LogP contribution in [0.25, 0.3) is 0 Å². The van der Waals surface area contributed by atoms with Crippen molar-refractivity contribution in [2.45, 2.75) is 76.3 Å². The molecule has 1 aromatic carbocycles. The van der Waals surface area contributed by atoms with Crippen molar-refractivity contribution in [3.05, 3.63) is 35.1 Å². The van der Waals surface area contributed by atoms with Crippen molar-refractivity contribution in [3.63, 3.8) is 0 Å². The Morgan fingerprint density at radius 1 is 1.11 bits per heavy atom. The van der Waals surface area contributed by atoms with Gasteiger partial charge in [-0.3, -0.25) is 14.4 Å². The second kappa shape index (κ2) is 10.1. The highest BCUT2D eigenvalue weighted by Gasteiger charge is 2.45. The molecule has 11 heteroatoms. The maximum absolute atomic E-state index is 13.5. The molecule has 1 saturated carbocycles. The number of halogens is 4. The van der Waals surface area contributed by atoms with Crippen molar-refractivity contribution < 1.29 is 36.7 Å². The predicted octanol–water partition coefficient (Wildman–Crippen LogP) is 3.27. The summed E-state index contributed by atoms with van der Waals surface area (Å²) in [5.74, 6) is -3.75. The zero-order chi connectivity index (χ0) is 26.1. The van der Waals surface area contributed by atoms with E-state index in [1.807, 2.05) is 20.8 Å². The molecule has 1 saturated heterocycles. The first-order chi connectivity index (χ1) is 16.2. The molecule has 4 atom stereocenters. The SMILES string of the molecule is COC(=O)[C@@H]1C[C@H](NC(C)(C)C)CC[C@@H]1N1CC[C@H](NC(=O)c2ccc(F)c(C(F)(F)F)c2)C1=O. The number of benzene rings is 1. The molecule has 0 bridgehead atoms. The first kappa shape index (κ1) is 26.9. The van der Waals surface area contributed by atoms with Gasteiger partial charge in [0.1, 0.15) is 11.9 Å². The van der Waals surface area contributed by atoms with Gasteiger partial charge in [0, 0.05) is 29.7 Å². The van der Waals surface area contributed by atoms with E-state index in [1.165, 1.54) is 7.11 Å². The molecule has 35 heavy (non-hydrogen) atoms. The van der Waals surface area contributed by atoms with E-state index in [4.69, 9.17) is 4.74 Å². The fourth-order valence-electron chi connectivity index (χ4n) is 4.97. The third kappa shape index (κ3) is 6.31. The molecular weight excluding hydrogens is 470 g/mol. The topological polar surface area (TPSA) is 87.7 Å². The number of nitrogens with zero attached hydrogens (tertiary/aromatic N) is 1. The zero-order valence-electron chi connectivity index (χ0n) is 20.2. The van der Waals surface area contributed by atoms with E-state index in [0.717, 1.165) is 12.5 Å². The van der Waals surface area contributed by atoms with Crippen LogP contribution in [-0.2, 0) is 20.5 Å². The highest BCUT2D eigenvalue weighted by atomic mass is 19.4. The predicted molar refractivity (Wildman–Crippen MR) is 119 cm³/mol. The summed E-state index contributed by atoms with van der Waals surface area (Å²) in [5.41, 5.74) is -2.10. The molecule has 2 amide bonds. The van der Waals surface area contributed by atoms with Crippen molar-refractivity contribution in [2.24, 2.45) is 5.92 Å². The smallest absolute Gasteiger partial charge is 0.419 e. The molecule has 0 unspecified atom stereocenters. The van der Waals surface area contributed by atoms with Gasteiger partial charge in [0.05, 0.1) is 18.6 Å². The van der Waals surface area contributed by atoms with E-state index in [-0.39, 0.29) is 24.5 Å². The van der Waals surface area contributed by atoms with E-state index in [2.05, 4.69) is 10.6 Å². The van der Waals surface area contributed by atoms with Crippen LogP contribution in [0.3, 0.4) is 0 Å². The molecule has 3 rings (SSSR count). The minimum atomic E-state index is -4.95. The van der Waals surface area contributed by atoms with E-state index in [1.54, 1.807) is 4.90 Å². The number of carbonyl (C=O) groups excluding carboxylic acids is 3. The van der Waals surface area contributed by atoms with Gasteiger partial charge in [0.25, 0.3) is 5.91 Å². The molecule has 1 aliphatic carbocycles. The van der Waals surface area contributed by atoms with Crippen molar-refractivity contribution in [2.75, 3.05) is 13.7 Å². The zero-order valence-corrected chi connectivity index (χ0v) is 20.2. The summed E-state index contributed by atoms with van der Waals surface area (Å²) < 4.78 is 57.5. The van der Waals surface area contributed by atoms with E-state index >= 15 is 0 Å². The molecule has 0 aromatic heterocycles. The van der Waals surface area contributed by atoms with E-state index in [0.29, 0.717) is 25.0 Å². The number of alkyl halides is 3. The Bertz CT molecular complexity index is 976. The van der Waals surface area contributed by atoms with Gasteiger partial charge in [-0.1, -0.05) is 0 Å². The number of esters is 1. The van der Waals surface area contributed by atoms with Gasteiger partial charge in [0.2, 0.25) is 5.91 Å². The van der Waals surface area contributed by atoms with Crippen LogP contribution >= 0.6 is 0 Å².